The van der Waals surface area contributed by atoms with Crippen LogP contribution >= 0.6 is 12.2 Å². The second kappa shape index (κ2) is 7.83. The molecule has 2 saturated heterocycles. The lowest BCUT2D eigenvalue weighted by atomic mass is 9.81. The van der Waals surface area contributed by atoms with Gasteiger partial charge in [-0.15, -0.1) is 0 Å². The minimum Gasteiger partial charge on any atom is -0.360 e. The van der Waals surface area contributed by atoms with Crippen LogP contribution < -0.4 is 10.6 Å². The summed E-state index contributed by atoms with van der Waals surface area (Å²) in [7, 11) is 0. The Morgan fingerprint density at radius 3 is 2.58 bits per heavy atom. The summed E-state index contributed by atoms with van der Waals surface area (Å²) in [5, 5.41) is 7.78. The van der Waals surface area contributed by atoms with Gasteiger partial charge in [-0.1, -0.05) is 25.5 Å². The molecule has 3 rings (SSSR count). The zero-order valence-corrected chi connectivity index (χ0v) is 16.1. The van der Waals surface area contributed by atoms with Crippen molar-refractivity contribution in [1.82, 2.24) is 10.2 Å². The van der Waals surface area contributed by atoms with Gasteiger partial charge >= 0.3 is 0 Å². The number of hydrogen-bond acceptors (Lipinski definition) is 2. The van der Waals surface area contributed by atoms with E-state index in [4.69, 9.17) is 12.2 Å². The summed E-state index contributed by atoms with van der Waals surface area (Å²) in [6.45, 7) is 7.79. The minimum atomic E-state index is 0.513. The van der Waals surface area contributed by atoms with Crippen LogP contribution in [0, 0.1) is 13.8 Å². The van der Waals surface area contributed by atoms with Gasteiger partial charge in [-0.05, 0) is 81.9 Å². The van der Waals surface area contributed by atoms with E-state index in [1.165, 1.54) is 56.2 Å². The SMILES string of the molecule is CCCN1[C@@H]2CCC[C@H]1CC(NC(=S)Nc1cc(C)ccc1C)C2. The first-order chi connectivity index (χ1) is 11.6. The molecule has 2 aliphatic heterocycles. The van der Waals surface area contributed by atoms with E-state index in [2.05, 4.69) is 54.5 Å². The van der Waals surface area contributed by atoms with Gasteiger partial charge in [0, 0.05) is 23.8 Å². The number of anilines is 1. The van der Waals surface area contributed by atoms with Crippen LogP contribution in [0.15, 0.2) is 18.2 Å². The lowest BCUT2D eigenvalue weighted by molar-refractivity contribution is 0.0284. The third kappa shape index (κ3) is 4.09. The summed E-state index contributed by atoms with van der Waals surface area (Å²) in [5.41, 5.74) is 3.61. The molecule has 0 saturated carbocycles. The Morgan fingerprint density at radius 2 is 1.92 bits per heavy atom. The van der Waals surface area contributed by atoms with E-state index in [9.17, 15) is 0 Å². The molecule has 2 N–H and O–H groups in total. The normalized spacial score (nSPS) is 26.9. The lowest BCUT2D eigenvalue weighted by Gasteiger charge is -2.49. The highest BCUT2D eigenvalue weighted by atomic mass is 32.1. The van der Waals surface area contributed by atoms with E-state index in [-0.39, 0.29) is 0 Å². The highest BCUT2D eigenvalue weighted by molar-refractivity contribution is 7.80. The summed E-state index contributed by atoms with van der Waals surface area (Å²) in [6.07, 6.45) is 7.82. The minimum absolute atomic E-state index is 0.513. The van der Waals surface area contributed by atoms with Crippen molar-refractivity contribution in [2.45, 2.75) is 77.4 Å². The molecule has 3 nitrogen and oxygen atoms in total. The molecule has 2 aliphatic rings. The first-order valence-electron chi connectivity index (χ1n) is 9.47. The molecular formula is C20H31N3S. The number of benzene rings is 1. The van der Waals surface area contributed by atoms with Crippen LogP contribution in [0.3, 0.4) is 0 Å². The fourth-order valence-corrected chi connectivity index (χ4v) is 4.71. The largest absolute Gasteiger partial charge is 0.360 e. The molecule has 24 heavy (non-hydrogen) atoms. The van der Waals surface area contributed by atoms with Gasteiger partial charge in [-0.2, -0.15) is 0 Å². The molecule has 132 valence electrons. The van der Waals surface area contributed by atoms with Crippen molar-refractivity contribution in [1.29, 1.82) is 0 Å². The van der Waals surface area contributed by atoms with E-state index in [1.54, 1.807) is 0 Å². The molecule has 1 aromatic rings. The van der Waals surface area contributed by atoms with Crippen molar-refractivity contribution in [3.05, 3.63) is 29.3 Å². The highest BCUT2D eigenvalue weighted by Gasteiger charge is 2.37. The molecule has 4 heteroatoms. The molecule has 0 spiro atoms. The van der Waals surface area contributed by atoms with Gasteiger partial charge in [-0.3, -0.25) is 4.90 Å². The molecule has 1 unspecified atom stereocenters. The van der Waals surface area contributed by atoms with Crippen molar-refractivity contribution in [3.63, 3.8) is 0 Å². The van der Waals surface area contributed by atoms with Crippen LogP contribution in [0.2, 0.25) is 0 Å². The number of aryl methyl sites for hydroxylation is 2. The number of nitrogens with one attached hydrogen (secondary N) is 2. The zero-order chi connectivity index (χ0) is 17.1. The quantitative estimate of drug-likeness (QED) is 0.792. The van der Waals surface area contributed by atoms with E-state index < -0.39 is 0 Å². The average molecular weight is 346 g/mol. The number of hydrogen-bond donors (Lipinski definition) is 2. The zero-order valence-electron chi connectivity index (χ0n) is 15.3. The van der Waals surface area contributed by atoms with E-state index in [0.717, 1.165) is 22.9 Å². The molecular weight excluding hydrogens is 314 g/mol. The maximum Gasteiger partial charge on any atom is 0.171 e. The summed E-state index contributed by atoms with van der Waals surface area (Å²) in [4.78, 5) is 2.77. The van der Waals surface area contributed by atoms with E-state index >= 15 is 0 Å². The van der Waals surface area contributed by atoms with Gasteiger partial charge < -0.3 is 10.6 Å². The van der Waals surface area contributed by atoms with Gasteiger partial charge in [0.1, 0.15) is 0 Å². The van der Waals surface area contributed by atoms with Crippen molar-refractivity contribution >= 4 is 23.0 Å². The van der Waals surface area contributed by atoms with Gasteiger partial charge in [0.15, 0.2) is 5.11 Å². The van der Waals surface area contributed by atoms with E-state index in [0.29, 0.717) is 6.04 Å². The van der Waals surface area contributed by atoms with Gasteiger partial charge in [-0.25, -0.2) is 0 Å². The Bertz CT molecular complexity index is 572. The van der Waals surface area contributed by atoms with Crippen LogP contribution in [-0.2, 0) is 0 Å². The third-order valence-corrected chi connectivity index (χ3v) is 5.80. The van der Waals surface area contributed by atoms with Crippen molar-refractivity contribution in [2.24, 2.45) is 0 Å². The molecule has 0 amide bonds. The Morgan fingerprint density at radius 1 is 1.21 bits per heavy atom. The number of rotatable bonds is 4. The predicted octanol–water partition coefficient (Wildman–Crippen LogP) is 4.39. The first kappa shape index (κ1) is 17.7. The molecule has 2 bridgehead atoms. The molecule has 0 aromatic heterocycles. The first-order valence-corrected chi connectivity index (χ1v) is 9.88. The van der Waals surface area contributed by atoms with Gasteiger partial charge in [0.25, 0.3) is 0 Å². The average Bonchev–Trinajstić information content (AvgIpc) is 2.52. The Hall–Kier alpha value is -1.13. The predicted molar refractivity (Wildman–Crippen MR) is 107 cm³/mol. The topological polar surface area (TPSA) is 27.3 Å². The summed E-state index contributed by atoms with van der Waals surface area (Å²) in [6, 6.07) is 8.47. The fraction of sp³-hybridized carbons (Fsp3) is 0.650. The van der Waals surface area contributed by atoms with E-state index in [1.807, 2.05) is 0 Å². The van der Waals surface area contributed by atoms with Crippen LogP contribution in [-0.4, -0.2) is 34.7 Å². The van der Waals surface area contributed by atoms with Crippen molar-refractivity contribution in [3.8, 4) is 0 Å². The van der Waals surface area contributed by atoms with Crippen LogP contribution in [0.25, 0.3) is 0 Å². The fourth-order valence-electron chi connectivity index (χ4n) is 4.43. The smallest absolute Gasteiger partial charge is 0.171 e. The standard InChI is InChI=1S/C20H31N3S/c1-4-10-23-17-6-5-7-18(23)13-16(12-17)21-20(24)22-19-11-14(2)8-9-15(19)3/h8-9,11,16-18H,4-7,10,12-13H2,1-3H3,(H2,21,22,24)/t16?,17-,18+. The Kier molecular flexibility index (Phi) is 5.77. The van der Waals surface area contributed by atoms with Gasteiger partial charge in [0.2, 0.25) is 0 Å². The van der Waals surface area contributed by atoms with Gasteiger partial charge in [0.05, 0.1) is 0 Å². The van der Waals surface area contributed by atoms with Crippen LogP contribution in [0.4, 0.5) is 5.69 Å². The number of piperidine rings is 2. The summed E-state index contributed by atoms with van der Waals surface area (Å²) in [5.74, 6) is 0. The summed E-state index contributed by atoms with van der Waals surface area (Å²) < 4.78 is 0. The molecule has 2 heterocycles. The third-order valence-electron chi connectivity index (χ3n) is 5.58. The second-order valence-electron chi connectivity index (χ2n) is 7.56. The Balaban J connectivity index is 1.58. The molecule has 2 fully saturated rings. The van der Waals surface area contributed by atoms with Crippen LogP contribution in [0.1, 0.15) is 56.6 Å². The Labute approximate surface area is 152 Å². The second-order valence-corrected chi connectivity index (χ2v) is 7.97. The van der Waals surface area contributed by atoms with Crippen molar-refractivity contribution < 1.29 is 0 Å². The number of nitrogens with zero attached hydrogens (tertiary/aromatic N) is 1. The summed E-state index contributed by atoms with van der Waals surface area (Å²) >= 11 is 5.60. The number of thiocarbonyl (C=S) groups is 1. The molecule has 1 aromatic carbocycles. The number of fused-ring (bicyclic) bond motifs is 2. The molecule has 0 aliphatic carbocycles. The highest BCUT2D eigenvalue weighted by Crippen LogP contribution is 2.34. The maximum absolute atomic E-state index is 5.60. The van der Waals surface area contributed by atoms with Crippen LogP contribution in [0.5, 0.6) is 0 Å². The molecule has 3 atom stereocenters. The lowest BCUT2D eigenvalue weighted by Crippen LogP contribution is -2.57. The van der Waals surface area contributed by atoms with Crippen molar-refractivity contribution in [2.75, 3.05) is 11.9 Å². The maximum atomic E-state index is 5.60. The molecule has 0 radical (unpaired) electrons. The monoisotopic (exact) mass is 345 g/mol.